The molecule has 5 heteroatoms. The summed E-state index contributed by atoms with van der Waals surface area (Å²) in [6.45, 7) is 2.10. The molecule has 0 radical (unpaired) electrons. The molecule has 100 valence electrons. The van der Waals surface area contributed by atoms with Gasteiger partial charge in [0, 0.05) is 12.4 Å². The molecule has 0 saturated heterocycles. The van der Waals surface area contributed by atoms with Crippen LogP contribution in [-0.4, -0.2) is 22.4 Å². The number of carbonyl (C=O) groups excluding carboxylic acids is 1. The van der Waals surface area contributed by atoms with Gasteiger partial charge in [0.2, 0.25) is 0 Å². The minimum atomic E-state index is -0.339. The van der Waals surface area contributed by atoms with Crippen LogP contribution in [0.4, 0.5) is 5.82 Å². The van der Waals surface area contributed by atoms with Crippen LogP contribution in [0.3, 0.4) is 0 Å². The van der Waals surface area contributed by atoms with Crippen LogP contribution in [0, 0.1) is 18.8 Å². The topological polar surface area (TPSA) is 80.9 Å². The standard InChI is InChI=1S/C15H14N4O/c1-11-5-3-10-18-14(11)19-15(20)13-12(6-2-8-16)7-4-9-17-13/h3-5,7,9-10H,8,16H2,1H3,(H,18,19,20). The molecular weight excluding hydrogens is 252 g/mol. The highest BCUT2D eigenvalue weighted by molar-refractivity contribution is 6.04. The second-order valence-electron chi connectivity index (χ2n) is 4.03. The van der Waals surface area contributed by atoms with Crippen molar-refractivity contribution in [3.05, 3.63) is 53.5 Å². The molecule has 0 aliphatic carbocycles. The lowest BCUT2D eigenvalue weighted by Gasteiger charge is -2.07. The Hall–Kier alpha value is -2.71. The van der Waals surface area contributed by atoms with Crippen LogP contribution in [-0.2, 0) is 0 Å². The monoisotopic (exact) mass is 266 g/mol. The summed E-state index contributed by atoms with van der Waals surface area (Å²) >= 11 is 0. The Morgan fingerprint density at radius 2 is 2.05 bits per heavy atom. The predicted octanol–water partition coefficient (Wildman–Crippen LogP) is 1.35. The van der Waals surface area contributed by atoms with Gasteiger partial charge in [-0.1, -0.05) is 17.9 Å². The number of amides is 1. The summed E-state index contributed by atoms with van der Waals surface area (Å²) in [6.07, 6.45) is 3.17. The van der Waals surface area contributed by atoms with Crippen molar-refractivity contribution in [2.24, 2.45) is 5.73 Å². The zero-order valence-corrected chi connectivity index (χ0v) is 11.1. The van der Waals surface area contributed by atoms with Gasteiger partial charge in [-0.15, -0.1) is 0 Å². The third-order valence-corrected chi connectivity index (χ3v) is 2.59. The molecule has 2 aromatic heterocycles. The van der Waals surface area contributed by atoms with Gasteiger partial charge < -0.3 is 11.1 Å². The highest BCUT2D eigenvalue weighted by Gasteiger charge is 2.13. The van der Waals surface area contributed by atoms with E-state index in [9.17, 15) is 4.79 Å². The summed E-state index contributed by atoms with van der Waals surface area (Å²) < 4.78 is 0. The van der Waals surface area contributed by atoms with Crippen molar-refractivity contribution < 1.29 is 4.79 Å². The van der Waals surface area contributed by atoms with Crippen LogP contribution in [0.5, 0.6) is 0 Å². The first-order valence-electron chi connectivity index (χ1n) is 6.09. The molecule has 0 unspecified atom stereocenters. The largest absolute Gasteiger partial charge is 0.320 e. The number of aryl methyl sites for hydroxylation is 1. The normalized spacial score (nSPS) is 9.50. The number of hydrogen-bond acceptors (Lipinski definition) is 4. The van der Waals surface area contributed by atoms with Gasteiger partial charge >= 0.3 is 0 Å². The number of anilines is 1. The van der Waals surface area contributed by atoms with Crippen LogP contribution in [0.1, 0.15) is 21.6 Å². The van der Waals surface area contributed by atoms with Crippen molar-refractivity contribution in [2.75, 3.05) is 11.9 Å². The van der Waals surface area contributed by atoms with E-state index >= 15 is 0 Å². The maximum Gasteiger partial charge on any atom is 0.276 e. The van der Waals surface area contributed by atoms with Crippen LogP contribution >= 0.6 is 0 Å². The van der Waals surface area contributed by atoms with E-state index in [1.807, 2.05) is 19.1 Å². The molecular formula is C15H14N4O. The number of nitrogens with one attached hydrogen (secondary N) is 1. The Kier molecular flexibility index (Phi) is 4.43. The molecule has 1 amide bonds. The van der Waals surface area contributed by atoms with Gasteiger partial charge in [-0.05, 0) is 30.7 Å². The van der Waals surface area contributed by atoms with E-state index in [0.29, 0.717) is 11.4 Å². The molecule has 0 atom stereocenters. The van der Waals surface area contributed by atoms with Crippen LogP contribution in [0.15, 0.2) is 36.7 Å². The Labute approximate surface area is 117 Å². The van der Waals surface area contributed by atoms with Gasteiger partial charge in [-0.2, -0.15) is 0 Å². The molecule has 0 aromatic carbocycles. The van der Waals surface area contributed by atoms with Gasteiger partial charge in [0.05, 0.1) is 12.1 Å². The summed E-state index contributed by atoms with van der Waals surface area (Å²) in [4.78, 5) is 20.4. The van der Waals surface area contributed by atoms with Crippen LogP contribution in [0.25, 0.3) is 0 Å². The summed E-state index contributed by atoms with van der Waals surface area (Å²) in [5.41, 5.74) is 7.03. The van der Waals surface area contributed by atoms with E-state index in [-0.39, 0.29) is 18.1 Å². The molecule has 5 nitrogen and oxygen atoms in total. The predicted molar refractivity (Wildman–Crippen MR) is 77.1 cm³/mol. The molecule has 2 rings (SSSR count). The van der Waals surface area contributed by atoms with Crippen molar-refractivity contribution in [2.45, 2.75) is 6.92 Å². The van der Waals surface area contributed by atoms with Gasteiger partial charge in [0.25, 0.3) is 5.91 Å². The van der Waals surface area contributed by atoms with Crippen LogP contribution in [0.2, 0.25) is 0 Å². The number of hydrogen-bond donors (Lipinski definition) is 2. The lowest BCUT2D eigenvalue weighted by atomic mass is 10.2. The maximum atomic E-state index is 12.2. The van der Waals surface area contributed by atoms with Crippen molar-refractivity contribution in [3.63, 3.8) is 0 Å². The van der Waals surface area contributed by atoms with E-state index in [1.54, 1.807) is 24.5 Å². The summed E-state index contributed by atoms with van der Waals surface area (Å²) in [5, 5.41) is 2.73. The molecule has 2 heterocycles. The molecule has 0 saturated carbocycles. The van der Waals surface area contributed by atoms with E-state index < -0.39 is 0 Å². The Morgan fingerprint density at radius 3 is 2.80 bits per heavy atom. The smallest absolute Gasteiger partial charge is 0.276 e. The van der Waals surface area contributed by atoms with Gasteiger partial charge in [-0.25, -0.2) is 9.97 Å². The first-order chi connectivity index (χ1) is 9.72. The Balaban J connectivity index is 2.28. The molecule has 3 N–H and O–H groups in total. The highest BCUT2D eigenvalue weighted by Crippen LogP contribution is 2.12. The maximum absolute atomic E-state index is 12.2. The second kappa shape index (κ2) is 6.45. The number of carbonyl (C=O) groups is 1. The molecule has 0 spiro atoms. The zero-order chi connectivity index (χ0) is 14.4. The second-order valence-corrected chi connectivity index (χ2v) is 4.03. The van der Waals surface area contributed by atoms with Crippen molar-refractivity contribution in [1.82, 2.24) is 9.97 Å². The van der Waals surface area contributed by atoms with Crippen LogP contribution < -0.4 is 11.1 Å². The molecule has 0 aliphatic heterocycles. The summed E-state index contributed by atoms with van der Waals surface area (Å²) in [5.74, 6) is 5.73. The van der Waals surface area contributed by atoms with Gasteiger partial charge in [-0.3, -0.25) is 4.79 Å². The van der Waals surface area contributed by atoms with Crippen molar-refractivity contribution in [3.8, 4) is 11.8 Å². The number of nitrogens with zero attached hydrogens (tertiary/aromatic N) is 2. The number of nitrogens with two attached hydrogens (primary N) is 1. The fourth-order valence-corrected chi connectivity index (χ4v) is 1.62. The third kappa shape index (κ3) is 3.19. The molecule has 2 aromatic rings. The lowest BCUT2D eigenvalue weighted by Crippen LogP contribution is -2.17. The van der Waals surface area contributed by atoms with Crippen molar-refractivity contribution in [1.29, 1.82) is 0 Å². The number of rotatable bonds is 2. The minimum Gasteiger partial charge on any atom is -0.320 e. The van der Waals surface area contributed by atoms with Gasteiger partial charge in [0.15, 0.2) is 0 Å². The quantitative estimate of drug-likeness (QED) is 0.804. The lowest BCUT2D eigenvalue weighted by molar-refractivity contribution is 0.102. The highest BCUT2D eigenvalue weighted by atomic mass is 16.1. The average molecular weight is 266 g/mol. The Morgan fingerprint density at radius 1 is 1.30 bits per heavy atom. The summed E-state index contributed by atoms with van der Waals surface area (Å²) in [7, 11) is 0. The molecule has 20 heavy (non-hydrogen) atoms. The van der Waals surface area contributed by atoms with E-state index in [0.717, 1.165) is 5.56 Å². The molecule has 0 fully saturated rings. The average Bonchev–Trinajstić information content (AvgIpc) is 2.47. The zero-order valence-electron chi connectivity index (χ0n) is 11.1. The van der Waals surface area contributed by atoms with Gasteiger partial charge in [0.1, 0.15) is 11.5 Å². The fourth-order valence-electron chi connectivity index (χ4n) is 1.62. The first-order valence-corrected chi connectivity index (χ1v) is 6.09. The number of pyridine rings is 2. The Bertz CT molecular complexity index is 686. The van der Waals surface area contributed by atoms with E-state index in [4.69, 9.17) is 5.73 Å². The number of aromatic nitrogens is 2. The third-order valence-electron chi connectivity index (χ3n) is 2.59. The summed E-state index contributed by atoms with van der Waals surface area (Å²) in [6, 6.07) is 7.14. The SMILES string of the molecule is Cc1cccnc1NC(=O)c1ncccc1C#CCN. The molecule has 0 aliphatic rings. The molecule has 0 bridgehead atoms. The van der Waals surface area contributed by atoms with E-state index in [1.165, 1.54) is 0 Å². The minimum absolute atomic E-state index is 0.231. The first kappa shape index (κ1) is 13.7. The van der Waals surface area contributed by atoms with Crippen molar-refractivity contribution >= 4 is 11.7 Å². The van der Waals surface area contributed by atoms with E-state index in [2.05, 4.69) is 27.1 Å². The fraction of sp³-hybridized carbons (Fsp3) is 0.133.